The lowest BCUT2D eigenvalue weighted by Gasteiger charge is -2.13. The third kappa shape index (κ3) is 2.14. The zero-order valence-electron chi connectivity index (χ0n) is 12.2. The molecule has 98 valence electrons. The predicted octanol–water partition coefficient (Wildman–Crippen LogP) is 4.63. The number of anilines is 1. The van der Waals surface area contributed by atoms with E-state index in [0.29, 0.717) is 6.04 Å². The van der Waals surface area contributed by atoms with Crippen molar-refractivity contribution in [3.8, 4) is 0 Å². The van der Waals surface area contributed by atoms with Crippen LogP contribution in [-0.4, -0.2) is 0 Å². The minimum atomic E-state index is 0.426. The van der Waals surface area contributed by atoms with E-state index in [-0.39, 0.29) is 0 Å². The lowest BCUT2D eigenvalue weighted by Crippen LogP contribution is -2.06. The van der Waals surface area contributed by atoms with Crippen molar-refractivity contribution >= 4 is 5.69 Å². The van der Waals surface area contributed by atoms with Crippen molar-refractivity contribution in [3.63, 3.8) is 0 Å². The molecule has 1 aliphatic heterocycles. The van der Waals surface area contributed by atoms with Crippen LogP contribution in [0.25, 0.3) is 0 Å². The molecule has 0 spiro atoms. The van der Waals surface area contributed by atoms with Crippen LogP contribution in [0.5, 0.6) is 0 Å². The summed E-state index contributed by atoms with van der Waals surface area (Å²) >= 11 is 0. The van der Waals surface area contributed by atoms with Gasteiger partial charge < -0.3 is 5.32 Å². The summed E-state index contributed by atoms with van der Waals surface area (Å²) in [4.78, 5) is 0. The van der Waals surface area contributed by atoms with Gasteiger partial charge in [0.25, 0.3) is 0 Å². The van der Waals surface area contributed by atoms with Crippen LogP contribution in [0.4, 0.5) is 5.69 Å². The van der Waals surface area contributed by atoms with Gasteiger partial charge in [-0.05, 0) is 73.6 Å². The van der Waals surface area contributed by atoms with Crippen LogP contribution in [0.15, 0.2) is 30.3 Å². The molecule has 0 radical (unpaired) electrons. The van der Waals surface area contributed by atoms with E-state index in [1.807, 2.05) is 0 Å². The minimum absolute atomic E-state index is 0.426. The van der Waals surface area contributed by atoms with Crippen LogP contribution in [-0.2, 0) is 6.42 Å². The molecule has 0 aromatic heterocycles. The molecule has 0 fully saturated rings. The molecule has 1 unspecified atom stereocenters. The van der Waals surface area contributed by atoms with Crippen LogP contribution >= 0.6 is 0 Å². The molecule has 0 bridgehead atoms. The number of hydrogen-bond acceptors (Lipinski definition) is 1. The first kappa shape index (κ1) is 12.3. The van der Waals surface area contributed by atoms with Gasteiger partial charge >= 0.3 is 0 Å². The zero-order chi connectivity index (χ0) is 13.6. The topological polar surface area (TPSA) is 12.0 Å². The average molecular weight is 251 g/mol. The van der Waals surface area contributed by atoms with E-state index in [1.54, 1.807) is 0 Å². The molecule has 2 aromatic carbocycles. The van der Waals surface area contributed by atoms with E-state index >= 15 is 0 Å². The number of hydrogen-bond donors (Lipinski definition) is 1. The maximum atomic E-state index is 3.68. The maximum Gasteiger partial charge on any atom is 0.0555 e. The average Bonchev–Trinajstić information content (AvgIpc) is 2.76. The zero-order valence-corrected chi connectivity index (χ0v) is 12.2. The summed E-state index contributed by atoms with van der Waals surface area (Å²) in [7, 11) is 0. The van der Waals surface area contributed by atoms with Gasteiger partial charge in [-0.2, -0.15) is 0 Å². The lowest BCUT2D eigenvalue weighted by molar-refractivity contribution is 0.819. The van der Waals surface area contributed by atoms with E-state index < -0.39 is 0 Å². The van der Waals surface area contributed by atoms with Crippen LogP contribution in [0.1, 0.15) is 39.4 Å². The fourth-order valence-corrected chi connectivity index (χ4v) is 3.02. The molecule has 1 nitrogen and oxygen atoms in total. The summed E-state index contributed by atoms with van der Waals surface area (Å²) in [6.07, 6.45) is 1.10. The molecule has 1 N–H and O–H groups in total. The fraction of sp³-hybridized carbons (Fsp3) is 0.333. The van der Waals surface area contributed by atoms with Crippen molar-refractivity contribution in [2.24, 2.45) is 0 Å². The maximum absolute atomic E-state index is 3.68. The minimum Gasteiger partial charge on any atom is -0.378 e. The van der Waals surface area contributed by atoms with Crippen molar-refractivity contribution in [2.45, 2.75) is 40.2 Å². The van der Waals surface area contributed by atoms with Gasteiger partial charge in [-0.1, -0.05) is 24.3 Å². The van der Waals surface area contributed by atoms with E-state index in [9.17, 15) is 0 Å². The monoisotopic (exact) mass is 251 g/mol. The van der Waals surface area contributed by atoms with Gasteiger partial charge in [-0.15, -0.1) is 0 Å². The highest BCUT2D eigenvalue weighted by molar-refractivity contribution is 5.62. The Balaban J connectivity index is 1.95. The van der Waals surface area contributed by atoms with Crippen molar-refractivity contribution in [1.29, 1.82) is 0 Å². The Labute approximate surface area is 115 Å². The quantitative estimate of drug-likeness (QED) is 0.779. The van der Waals surface area contributed by atoms with Gasteiger partial charge in [-0.3, -0.25) is 0 Å². The molecule has 0 saturated carbocycles. The third-order valence-electron chi connectivity index (χ3n) is 4.29. The molecule has 1 heteroatoms. The number of fused-ring (bicyclic) bond motifs is 1. The first-order valence-electron chi connectivity index (χ1n) is 6.98. The molecule has 3 rings (SSSR count). The SMILES string of the molecule is Cc1cc(C)c2c(c1)NC(c1ccc(C)c(C)c1)C2. The first-order valence-corrected chi connectivity index (χ1v) is 6.98. The van der Waals surface area contributed by atoms with Crippen LogP contribution in [0, 0.1) is 27.7 Å². The number of nitrogens with one attached hydrogen (secondary N) is 1. The van der Waals surface area contributed by atoms with Gasteiger partial charge in [0.05, 0.1) is 6.04 Å². The van der Waals surface area contributed by atoms with Gasteiger partial charge in [-0.25, -0.2) is 0 Å². The van der Waals surface area contributed by atoms with E-state index in [0.717, 1.165) is 6.42 Å². The molecule has 1 heterocycles. The highest BCUT2D eigenvalue weighted by Crippen LogP contribution is 2.37. The second-order valence-electron chi connectivity index (χ2n) is 5.85. The molecule has 0 saturated heterocycles. The number of aryl methyl sites for hydroxylation is 4. The van der Waals surface area contributed by atoms with E-state index in [2.05, 4.69) is 63.3 Å². The molecule has 1 aliphatic rings. The second-order valence-corrected chi connectivity index (χ2v) is 5.85. The van der Waals surface area contributed by atoms with Crippen LogP contribution in [0.2, 0.25) is 0 Å². The Morgan fingerprint density at radius 3 is 2.42 bits per heavy atom. The van der Waals surface area contributed by atoms with E-state index in [1.165, 1.54) is 39.1 Å². The van der Waals surface area contributed by atoms with E-state index in [4.69, 9.17) is 0 Å². The largest absolute Gasteiger partial charge is 0.378 e. The van der Waals surface area contributed by atoms with Gasteiger partial charge in [0, 0.05) is 5.69 Å². The Morgan fingerprint density at radius 2 is 1.68 bits per heavy atom. The fourth-order valence-electron chi connectivity index (χ4n) is 3.02. The van der Waals surface area contributed by atoms with Crippen molar-refractivity contribution in [1.82, 2.24) is 0 Å². The highest BCUT2D eigenvalue weighted by Gasteiger charge is 2.23. The lowest BCUT2D eigenvalue weighted by atomic mass is 9.97. The summed E-state index contributed by atoms with van der Waals surface area (Å²) in [6.45, 7) is 8.74. The molecule has 0 amide bonds. The standard InChI is InChI=1S/C18H21N/c1-11-7-14(4)16-10-17(19-18(16)8-11)15-6-5-12(2)13(3)9-15/h5-9,17,19H,10H2,1-4H3. The summed E-state index contributed by atoms with van der Waals surface area (Å²) in [5.41, 5.74) is 9.69. The van der Waals surface area contributed by atoms with Crippen molar-refractivity contribution < 1.29 is 0 Å². The third-order valence-corrected chi connectivity index (χ3v) is 4.29. The highest BCUT2D eigenvalue weighted by atomic mass is 14.9. The Hall–Kier alpha value is -1.76. The van der Waals surface area contributed by atoms with Gasteiger partial charge in [0.1, 0.15) is 0 Å². The molecular formula is C18H21N. The number of rotatable bonds is 1. The summed E-state index contributed by atoms with van der Waals surface area (Å²) in [5.74, 6) is 0. The smallest absolute Gasteiger partial charge is 0.0555 e. The Morgan fingerprint density at radius 1 is 0.895 bits per heavy atom. The molecule has 19 heavy (non-hydrogen) atoms. The molecule has 2 aromatic rings. The van der Waals surface area contributed by atoms with Gasteiger partial charge in [0.15, 0.2) is 0 Å². The molecule has 1 atom stereocenters. The summed E-state index contributed by atoms with van der Waals surface area (Å²) in [6, 6.07) is 11.8. The Kier molecular flexibility index (Phi) is 2.85. The van der Waals surface area contributed by atoms with Gasteiger partial charge in [0.2, 0.25) is 0 Å². The predicted molar refractivity (Wildman–Crippen MR) is 81.9 cm³/mol. The normalized spacial score (nSPS) is 17.2. The van der Waals surface area contributed by atoms with Crippen LogP contribution < -0.4 is 5.32 Å². The van der Waals surface area contributed by atoms with Crippen molar-refractivity contribution in [2.75, 3.05) is 5.32 Å². The molecule has 0 aliphatic carbocycles. The summed E-state index contributed by atoms with van der Waals surface area (Å²) < 4.78 is 0. The number of benzene rings is 2. The summed E-state index contributed by atoms with van der Waals surface area (Å²) in [5, 5.41) is 3.68. The van der Waals surface area contributed by atoms with Crippen molar-refractivity contribution in [3.05, 3.63) is 63.7 Å². The second kappa shape index (κ2) is 4.41. The molecular weight excluding hydrogens is 230 g/mol. The Bertz CT molecular complexity index is 640. The first-order chi connectivity index (χ1) is 9.04. The van der Waals surface area contributed by atoms with Crippen LogP contribution in [0.3, 0.4) is 0 Å².